The van der Waals surface area contributed by atoms with Crippen LogP contribution < -0.4 is 9.21 Å². The number of rotatable bonds is 6. The zero-order chi connectivity index (χ0) is 22.0. The molecule has 4 rings (SSSR count). The van der Waals surface area contributed by atoms with Crippen LogP contribution in [-0.2, 0) is 16.4 Å². The van der Waals surface area contributed by atoms with E-state index in [-0.39, 0.29) is 23.4 Å². The van der Waals surface area contributed by atoms with Gasteiger partial charge in [-0.1, -0.05) is 42.5 Å². The highest BCUT2D eigenvalue weighted by Gasteiger charge is 2.31. The average molecular weight is 433 g/mol. The summed E-state index contributed by atoms with van der Waals surface area (Å²) in [6, 6.07) is 23.0. The van der Waals surface area contributed by atoms with Crippen LogP contribution in [0.5, 0.6) is 0 Å². The smallest absolute Gasteiger partial charge is 0.264 e. The molecule has 158 valence electrons. The van der Waals surface area contributed by atoms with Gasteiger partial charge in [0.15, 0.2) is 0 Å². The maximum atomic E-state index is 13.2. The summed E-state index contributed by atoms with van der Waals surface area (Å²) >= 11 is 0. The van der Waals surface area contributed by atoms with Gasteiger partial charge in [0.1, 0.15) is 0 Å². The van der Waals surface area contributed by atoms with E-state index in [9.17, 15) is 13.2 Å². The van der Waals surface area contributed by atoms with Gasteiger partial charge in [-0.3, -0.25) is 9.10 Å². The highest BCUT2D eigenvalue weighted by Crippen LogP contribution is 2.33. The topological polar surface area (TPSA) is 57.7 Å². The predicted octanol–water partition coefficient (Wildman–Crippen LogP) is 4.66. The Labute approximate surface area is 183 Å². The maximum absolute atomic E-state index is 13.2. The van der Waals surface area contributed by atoms with Gasteiger partial charge in [0.25, 0.3) is 15.9 Å². The van der Waals surface area contributed by atoms with E-state index in [1.54, 1.807) is 60.7 Å². The van der Waals surface area contributed by atoms with Crippen molar-refractivity contribution in [2.24, 2.45) is 0 Å². The van der Waals surface area contributed by atoms with Crippen LogP contribution in [0.3, 0.4) is 0 Å². The predicted molar refractivity (Wildman–Crippen MR) is 124 cm³/mol. The molecule has 0 fully saturated rings. The Morgan fingerprint density at radius 1 is 1.03 bits per heavy atom. The Kier molecular flexibility index (Phi) is 5.65. The van der Waals surface area contributed by atoms with Crippen molar-refractivity contribution in [1.29, 1.82) is 0 Å². The van der Waals surface area contributed by atoms with Crippen molar-refractivity contribution in [1.82, 2.24) is 0 Å². The second-order valence-corrected chi connectivity index (χ2v) is 9.40. The first kappa shape index (κ1) is 20.9. The number of amides is 1. The van der Waals surface area contributed by atoms with Gasteiger partial charge in [-0.05, 0) is 61.4 Å². The minimum atomic E-state index is -3.75. The van der Waals surface area contributed by atoms with Crippen LogP contribution in [0.15, 0.2) is 96.4 Å². The van der Waals surface area contributed by atoms with Gasteiger partial charge in [-0.25, -0.2) is 8.42 Å². The number of hydrogen-bond acceptors (Lipinski definition) is 3. The van der Waals surface area contributed by atoms with E-state index in [2.05, 4.69) is 6.58 Å². The van der Waals surface area contributed by atoms with Gasteiger partial charge in [-0.2, -0.15) is 0 Å². The van der Waals surface area contributed by atoms with Gasteiger partial charge in [0.05, 0.1) is 17.1 Å². The van der Waals surface area contributed by atoms with E-state index in [4.69, 9.17) is 0 Å². The van der Waals surface area contributed by atoms with E-state index in [0.717, 1.165) is 17.7 Å². The molecule has 5 nitrogen and oxygen atoms in total. The van der Waals surface area contributed by atoms with Gasteiger partial charge in [0.2, 0.25) is 0 Å². The molecule has 1 atom stereocenters. The molecule has 0 spiro atoms. The molecule has 3 aromatic carbocycles. The first-order valence-electron chi connectivity index (χ1n) is 10.1. The number of benzene rings is 3. The molecular weight excluding hydrogens is 408 g/mol. The molecule has 6 heteroatoms. The van der Waals surface area contributed by atoms with Gasteiger partial charge in [0, 0.05) is 17.3 Å². The van der Waals surface area contributed by atoms with E-state index >= 15 is 0 Å². The van der Waals surface area contributed by atoms with Crippen LogP contribution in [0.1, 0.15) is 22.8 Å². The van der Waals surface area contributed by atoms with Crippen molar-refractivity contribution in [3.8, 4) is 0 Å². The molecular formula is C25H24N2O3S. The molecule has 0 radical (unpaired) electrons. The van der Waals surface area contributed by atoms with Gasteiger partial charge in [-0.15, -0.1) is 6.58 Å². The highest BCUT2D eigenvalue weighted by atomic mass is 32.2. The second-order valence-electron chi connectivity index (χ2n) is 7.54. The van der Waals surface area contributed by atoms with E-state index in [1.807, 2.05) is 36.1 Å². The van der Waals surface area contributed by atoms with Crippen LogP contribution in [0.4, 0.5) is 11.4 Å². The summed E-state index contributed by atoms with van der Waals surface area (Å²) in [6.45, 7) is 5.85. The fraction of sp³-hybridized carbons (Fsp3) is 0.160. The minimum absolute atomic E-state index is 0.0697. The minimum Gasteiger partial charge on any atom is -0.305 e. The average Bonchev–Trinajstić information content (AvgIpc) is 3.13. The van der Waals surface area contributed by atoms with Crippen molar-refractivity contribution in [3.63, 3.8) is 0 Å². The van der Waals surface area contributed by atoms with E-state index in [1.165, 1.54) is 4.31 Å². The lowest BCUT2D eigenvalue weighted by Crippen LogP contribution is -2.35. The molecule has 1 heterocycles. The molecule has 31 heavy (non-hydrogen) atoms. The van der Waals surface area contributed by atoms with Crippen LogP contribution in [0.25, 0.3) is 0 Å². The molecule has 3 aromatic rings. The van der Waals surface area contributed by atoms with Crippen molar-refractivity contribution in [2.45, 2.75) is 24.3 Å². The number of sulfonamides is 1. The first-order chi connectivity index (χ1) is 14.9. The number of carbonyl (C=O) groups is 1. The van der Waals surface area contributed by atoms with Crippen LogP contribution in [0, 0.1) is 0 Å². The molecule has 0 saturated carbocycles. The molecule has 0 aliphatic carbocycles. The summed E-state index contributed by atoms with van der Waals surface area (Å²) in [4.78, 5) is 15.2. The molecule has 0 aromatic heterocycles. The number of nitrogens with zero attached hydrogens (tertiary/aromatic N) is 2. The lowest BCUT2D eigenvalue weighted by molar-refractivity contribution is 0.0981. The summed E-state index contributed by atoms with van der Waals surface area (Å²) in [5, 5.41) is 0. The lowest BCUT2D eigenvalue weighted by Gasteiger charge is -2.25. The number of hydrogen-bond donors (Lipinski definition) is 0. The third kappa shape index (κ3) is 3.86. The molecule has 0 N–H and O–H groups in total. The lowest BCUT2D eigenvalue weighted by atomic mass is 10.1. The second kappa shape index (κ2) is 8.40. The number of para-hydroxylation sites is 1. The van der Waals surface area contributed by atoms with Crippen molar-refractivity contribution in [2.75, 3.05) is 15.7 Å². The Balaban J connectivity index is 1.64. The molecule has 1 aliphatic heterocycles. The SMILES string of the molecule is C=CCN(c1ccc(C(=O)N2c3ccccc3C[C@@H]2C)cc1)S(=O)(=O)c1ccccc1. The third-order valence-electron chi connectivity index (χ3n) is 5.45. The number of fused-ring (bicyclic) bond motifs is 1. The third-order valence-corrected chi connectivity index (χ3v) is 7.26. The molecule has 0 saturated heterocycles. The monoisotopic (exact) mass is 432 g/mol. The van der Waals surface area contributed by atoms with Crippen LogP contribution in [0.2, 0.25) is 0 Å². The fourth-order valence-electron chi connectivity index (χ4n) is 3.96. The Bertz CT molecular complexity index is 1210. The van der Waals surface area contributed by atoms with Crippen LogP contribution >= 0.6 is 0 Å². The fourth-order valence-corrected chi connectivity index (χ4v) is 5.42. The maximum Gasteiger partial charge on any atom is 0.264 e. The first-order valence-corrected chi connectivity index (χ1v) is 11.6. The summed E-state index contributed by atoms with van der Waals surface area (Å²) < 4.78 is 27.6. The number of carbonyl (C=O) groups excluding carboxylic acids is 1. The summed E-state index contributed by atoms with van der Waals surface area (Å²) in [5.41, 5.74) is 3.09. The van der Waals surface area contributed by atoms with Crippen molar-refractivity contribution in [3.05, 3.63) is 103 Å². The standard InChI is InChI=1S/C25H24N2O3S/c1-3-17-26(31(29,30)23-10-5-4-6-11-23)22-15-13-20(14-16-22)25(28)27-19(2)18-21-9-7-8-12-24(21)27/h3-16,19H,1,17-18H2,2H3/t19-/m0/s1. The van der Waals surface area contributed by atoms with Crippen molar-refractivity contribution < 1.29 is 13.2 Å². The van der Waals surface area contributed by atoms with Crippen molar-refractivity contribution >= 4 is 27.3 Å². The molecule has 0 unspecified atom stereocenters. The normalized spacial score (nSPS) is 15.4. The highest BCUT2D eigenvalue weighted by molar-refractivity contribution is 7.92. The Hall–Kier alpha value is -3.38. The molecule has 1 amide bonds. The quantitative estimate of drug-likeness (QED) is 0.533. The summed E-state index contributed by atoms with van der Waals surface area (Å²) in [6.07, 6.45) is 2.37. The largest absolute Gasteiger partial charge is 0.305 e. The zero-order valence-electron chi connectivity index (χ0n) is 17.3. The Morgan fingerprint density at radius 2 is 1.68 bits per heavy atom. The summed E-state index contributed by atoms with van der Waals surface area (Å²) in [5.74, 6) is -0.0924. The summed E-state index contributed by atoms with van der Waals surface area (Å²) in [7, 11) is -3.75. The van der Waals surface area contributed by atoms with Gasteiger partial charge >= 0.3 is 0 Å². The van der Waals surface area contributed by atoms with Crippen LogP contribution in [-0.4, -0.2) is 26.9 Å². The Morgan fingerprint density at radius 3 is 2.35 bits per heavy atom. The van der Waals surface area contributed by atoms with E-state index < -0.39 is 10.0 Å². The molecule has 0 bridgehead atoms. The number of anilines is 2. The van der Waals surface area contributed by atoms with Gasteiger partial charge < -0.3 is 4.90 Å². The zero-order valence-corrected chi connectivity index (χ0v) is 18.1. The van der Waals surface area contributed by atoms with E-state index in [0.29, 0.717) is 11.3 Å². The molecule has 1 aliphatic rings.